The zero-order valence-electron chi connectivity index (χ0n) is 20.2. The number of carbonyl (C=O) groups is 1. The van der Waals surface area contributed by atoms with Crippen LogP contribution in [0, 0.1) is 11.7 Å². The number of ether oxygens (including phenoxy) is 1. The second-order valence-corrected chi connectivity index (χ2v) is 9.02. The summed E-state index contributed by atoms with van der Waals surface area (Å²) in [6.07, 6.45) is 1.82. The van der Waals surface area contributed by atoms with Gasteiger partial charge >= 0.3 is 5.97 Å². The van der Waals surface area contributed by atoms with Gasteiger partial charge in [-0.15, -0.1) is 0 Å². The molecule has 0 aromatic heterocycles. The molecule has 7 heteroatoms. The number of aliphatic hydroxyl groups is 2. The third kappa shape index (κ3) is 8.24. The molecule has 192 valence electrons. The van der Waals surface area contributed by atoms with Crippen molar-refractivity contribution in [2.24, 2.45) is 11.7 Å². The Bertz CT molecular complexity index is 1030. The monoisotopic (exact) mass is 495 g/mol. The molecular weight excluding hydrogens is 461 g/mol. The molecule has 0 saturated carbocycles. The van der Waals surface area contributed by atoms with Crippen LogP contribution in [0.25, 0.3) is 0 Å². The van der Waals surface area contributed by atoms with Gasteiger partial charge in [0.1, 0.15) is 5.82 Å². The number of carboxylic acid groups (broad SMARTS) is 1. The van der Waals surface area contributed by atoms with Crippen LogP contribution in [-0.2, 0) is 4.74 Å². The number of carboxylic acids is 1. The molecule has 4 rings (SSSR count). The molecule has 3 atom stereocenters. The average Bonchev–Trinajstić information content (AvgIpc) is 2.92. The first kappa shape index (κ1) is 27.5. The van der Waals surface area contributed by atoms with Gasteiger partial charge in [-0.2, -0.15) is 0 Å². The normalized spacial score (nSPS) is 16.3. The van der Waals surface area contributed by atoms with Crippen LogP contribution in [0.2, 0.25) is 0 Å². The lowest BCUT2D eigenvalue weighted by atomic mass is 9.91. The van der Waals surface area contributed by atoms with E-state index in [0.717, 1.165) is 49.7 Å². The van der Waals surface area contributed by atoms with E-state index in [-0.39, 0.29) is 11.6 Å². The predicted octanol–water partition coefficient (Wildman–Crippen LogP) is 5.18. The second kappa shape index (κ2) is 13.8. The van der Waals surface area contributed by atoms with Crippen molar-refractivity contribution >= 4 is 5.97 Å². The van der Waals surface area contributed by atoms with E-state index in [9.17, 15) is 19.4 Å². The first-order valence-electron chi connectivity index (χ1n) is 12.2. The van der Waals surface area contributed by atoms with Crippen molar-refractivity contribution in [3.8, 4) is 0 Å². The summed E-state index contributed by atoms with van der Waals surface area (Å²) in [5.74, 6) is -1.31. The fourth-order valence-electron chi connectivity index (χ4n) is 4.24. The van der Waals surface area contributed by atoms with E-state index in [4.69, 9.17) is 15.6 Å². The second-order valence-electron chi connectivity index (χ2n) is 9.02. The van der Waals surface area contributed by atoms with Crippen molar-refractivity contribution in [2.75, 3.05) is 13.2 Å². The van der Waals surface area contributed by atoms with E-state index in [1.165, 1.54) is 12.1 Å². The van der Waals surface area contributed by atoms with Crippen LogP contribution >= 0.6 is 0 Å². The van der Waals surface area contributed by atoms with Gasteiger partial charge in [-0.25, -0.2) is 9.18 Å². The van der Waals surface area contributed by atoms with Gasteiger partial charge in [0.05, 0.1) is 23.8 Å². The van der Waals surface area contributed by atoms with Gasteiger partial charge in [-0.05, 0) is 66.5 Å². The molecule has 36 heavy (non-hydrogen) atoms. The summed E-state index contributed by atoms with van der Waals surface area (Å²) >= 11 is 0. The molecule has 1 fully saturated rings. The van der Waals surface area contributed by atoms with E-state index in [0.29, 0.717) is 17.9 Å². The number of benzene rings is 3. The minimum absolute atomic E-state index is 0.134. The van der Waals surface area contributed by atoms with Crippen LogP contribution in [0.15, 0.2) is 78.9 Å². The molecule has 1 heterocycles. The SMILES string of the molecule is N[C@@H](c1ccccc1)[C@H](O)c1ccccc1.O=C(O)c1cc(F)cc(C(O)CCC2CCOCC2)c1. The van der Waals surface area contributed by atoms with Gasteiger partial charge in [-0.3, -0.25) is 0 Å². The lowest BCUT2D eigenvalue weighted by Gasteiger charge is -2.23. The third-order valence-corrected chi connectivity index (χ3v) is 6.41. The van der Waals surface area contributed by atoms with Crippen molar-refractivity contribution in [2.45, 2.75) is 43.9 Å². The molecule has 1 unspecified atom stereocenters. The highest BCUT2D eigenvalue weighted by Gasteiger charge is 2.19. The lowest BCUT2D eigenvalue weighted by molar-refractivity contribution is 0.0568. The minimum Gasteiger partial charge on any atom is -0.478 e. The van der Waals surface area contributed by atoms with Gasteiger partial charge in [0.2, 0.25) is 0 Å². The maximum Gasteiger partial charge on any atom is 0.335 e. The van der Waals surface area contributed by atoms with E-state index < -0.39 is 24.0 Å². The van der Waals surface area contributed by atoms with Crippen LogP contribution in [0.3, 0.4) is 0 Å². The predicted molar refractivity (Wildman–Crippen MR) is 136 cm³/mol. The fourth-order valence-corrected chi connectivity index (χ4v) is 4.24. The Kier molecular flexibility index (Phi) is 10.6. The number of halogens is 1. The standard InChI is InChI=1S/C15H19FO4.C14H15NO/c16-13-8-11(7-12(9-13)15(18)19)14(17)2-1-10-3-5-20-6-4-10;15-13(11-7-3-1-4-8-11)14(16)12-9-5-2-6-10-12/h7-10,14,17H,1-6H2,(H,18,19);1-10,13-14,16H,15H2/t;13-,14+/m.0/s1. The van der Waals surface area contributed by atoms with Crippen molar-refractivity contribution < 1.29 is 29.2 Å². The molecule has 0 amide bonds. The van der Waals surface area contributed by atoms with E-state index in [2.05, 4.69) is 0 Å². The van der Waals surface area contributed by atoms with Crippen LogP contribution in [-0.4, -0.2) is 34.5 Å². The van der Waals surface area contributed by atoms with Crippen molar-refractivity contribution in [3.05, 3.63) is 107 Å². The molecule has 0 bridgehead atoms. The summed E-state index contributed by atoms with van der Waals surface area (Å²) < 4.78 is 18.6. The van der Waals surface area contributed by atoms with E-state index in [1.54, 1.807) is 0 Å². The number of hydrogen-bond donors (Lipinski definition) is 4. The minimum atomic E-state index is -1.19. The van der Waals surface area contributed by atoms with Gasteiger partial charge in [0.25, 0.3) is 0 Å². The van der Waals surface area contributed by atoms with Gasteiger partial charge in [0, 0.05) is 13.2 Å². The maximum atomic E-state index is 13.4. The van der Waals surface area contributed by atoms with Crippen LogP contribution in [0.4, 0.5) is 4.39 Å². The van der Waals surface area contributed by atoms with Crippen molar-refractivity contribution in [1.29, 1.82) is 0 Å². The Morgan fingerprint density at radius 1 is 0.917 bits per heavy atom. The Labute approximate surface area is 211 Å². The van der Waals surface area contributed by atoms with Crippen LogP contribution in [0.1, 0.15) is 71.0 Å². The lowest BCUT2D eigenvalue weighted by Crippen LogP contribution is -2.19. The van der Waals surface area contributed by atoms with Crippen molar-refractivity contribution in [1.82, 2.24) is 0 Å². The largest absolute Gasteiger partial charge is 0.478 e. The Morgan fingerprint density at radius 3 is 2.08 bits per heavy atom. The van der Waals surface area contributed by atoms with Gasteiger partial charge in [0.15, 0.2) is 0 Å². The summed E-state index contributed by atoms with van der Waals surface area (Å²) in [5.41, 5.74) is 8.00. The average molecular weight is 496 g/mol. The molecule has 1 saturated heterocycles. The molecule has 0 aliphatic carbocycles. The maximum absolute atomic E-state index is 13.4. The summed E-state index contributed by atoms with van der Waals surface area (Å²) in [5, 5.41) is 29.1. The van der Waals surface area contributed by atoms with Crippen LogP contribution < -0.4 is 5.73 Å². The molecule has 3 aromatic rings. The Morgan fingerprint density at radius 2 is 1.50 bits per heavy atom. The fraction of sp³-hybridized carbons (Fsp3) is 0.345. The van der Waals surface area contributed by atoms with Gasteiger partial charge in [-0.1, -0.05) is 60.7 Å². The summed E-state index contributed by atoms with van der Waals surface area (Å²) in [4.78, 5) is 10.9. The topological polar surface area (TPSA) is 113 Å². The molecule has 0 radical (unpaired) electrons. The zero-order chi connectivity index (χ0) is 25.9. The Hall–Kier alpha value is -3.10. The highest BCUT2D eigenvalue weighted by molar-refractivity contribution is 5.87. The summed E-state index contributed by atoms with van der Waals surface area (Å²) in [7, 11) is 0. The quantitative estimate of drug-likeness (QED) is 0.342. The molecule has 1 aliphatic heterocycles. The van der Waals surface area contributed by atoms with E-state index in [1.807, 2.05) is 60.7 Å². The first-order chi connectivity index (χ1) is 17.3. The number of aliphatic hydroxyl groups excluding tert-OH is 2. The number of aromatic carboxylic acids is 1. The molecular formula is C29H34FNO5. The third-order valence-electron chi connectivity index (χ3n) is 6.41. The number of rotatable bonds is 8. The summed E-state index contributed by atoms with van der Waals surface area (Å²) in [6, 6.07) is 22.2. The highest BCUT2D eigenvalue weighted by atomic mass is 19.1. The summed E-state index contributed by atoms with van der Waals surface area (Å²) in [6.45, 7) is 1.51. The molecule has 0 spiro atoms. The smallest absolute Gasteiger partial charge is 0.335 e. The zero-order valence-corrected chi connectivity index (χ0v) is 20.2. The number of hydrogen-bond acceptors (Lipinski definition) is 5. The molecule has 1 aliphatic rings. The van der Waals surface area contributed by atoms with Gasteiger partial charge < -0.3 is 25.8 Å². The van der Waals surface area contributed by atoms with Crippen LogP contribution in [0.5, 0.6) is 0 Å². The first-order valence-corrected chi connectivity index (χ1v) is 12.2. The van der Waals surface area contributed by atoms with Crippen molar-refractivity contribution in [3.63, 3.8) is 0 Å². The van der Waals surface area contributed by atoms with E-state index >= 15 is 0 Å². The molecule has 3 aromatic carbocycles. The highest BCUT2D eigenvalue weighted by Crippen LogP contribution is 2.27. The molecule has 5 N–H and O–H groups in total. The Balaban J connectivity index is 0.000000205. The molecule has 6 nitrogen and oxygen atoms in total. The number of nitrogens with two attached hydrogens (primary N) is 1.